The van der Waals surface area contributed by atoms with Crippen molar-refractivity contribution in [2.24, 2.45) is 5.41 Å². The molecule has 0 aliphatic carbocycles. The molecule has 0 bridgehead atoms. The number of aryl methyl sites for hydroxylation is 1. The molecule has 1 atom stereocenters. The van der Waals surface area contributed by atoms with Crippen molar-refractivity contribution < 1.29 is 9.59 Å². The number of halogens is 1. The lowest BCUT2D eigenvalue weighted by atomic mass is 9.90. The van der Waals surface area contributed by atoms with Crippen molar-refractivity contribution >= 4 is 34.8 Å². The summed E-state index contributed by atoms with van der Waals surface area (Å²) in [5, 5.41) is 2.11. The van der Waals surface area contributed by atoms with Gasteiger partial charge < -0.3 is 9.80 Å². The van der Waals surface area contributed by atoms with Crippen molar-refractivity contribution in [3.8, 4) is 0 Å². The van der Waals surface area contributed by atoms with Gasteiger partial charge in [0.1, 0.15) is 0 Å². The van der Waals surface area contributed by atoms with Crippen molar-refractivity contribution in [1.29, 1.82) is 0 Å². The Morgan fingerprint density at radius 1 is 1.23 bits per heavy atom. The van der Waals surface area contributed by atoms with E-state index in [0.717, 1.165) is 18.4 Å². The Bertz CT molecular complexity index is 908. The summed E-state index contributed by atoms with van der Waals surface area (Å²) >= 11 is 7.80. The van der Waals surface area contributed by atoms with Crippen molar-refractivity contribution in [1.82, 2.24) is 9.80 Å². The Hall–Kier alpha value is -1.85. The number of carbonyl (C=O) groups is 2. The van der Waals surface area contributed by atoms with Crippen LogP contribution in [0.4, 0.5) is 0 Å². The van der Waals surface area contributed by atoms with Gasteiger partial charge >= 0.3 is 0 Å². The molecule has 1 aliphatic heterocycles. The first-order chi connectivity index (χ1) is 14.3. The lowest BCUT2D eigenvalue weighted by molar-refractivity contribution is -0.146. The van der Waals surface area contributed by atoms with Gasteiger partial charge in [0.05, 0.1) is 18.0 Å². The van der Waals surface area contributed by atoms with Crippen LogP contribution in [0.25, 0.3) is 0 Å². The first kappa shape index (κ1) is 22.8. The Balaban J connectivity index is 1.91. The summed E-state index contributed by atoms with van der Waals surface area (Å²) in [6.45, 7) is 9.10. The molecule has 162 valence electrons. The summed E-state index contributed by atoms with van der Waals surface area (Å²) in [7, 11) is 0. The highest BCUT2D eigenvalue weighted by atomic mass is 35.5. The molecule has 0 radical (unpaired) electrons. The largest absolute Gasteiger partial charge is 0.333 e. The van der Waals surface area contributed by atoms with E-state index in [1.165, 1.54) is 16.0 Å². The van der Waals surface area contributed by atoms with E-state index >= 15 is 0 Å². The number of nitrogens with zero attached hydrogens (tertiary/aromatic N) is 2. The van der Waals surface area contributed by atoms with E-state index in [-0.39, 0.29) is 30.3 Å². The molecule has 6 heteroatoms. The Labute approximate surface area is 188 Å². The van der Waals surface area contributed by atoms with Gasteiger partial charge in [-0.05, 0) is 61.7 Å². The smallest absolute Gasteiger partial charge is 0.242 e. The summed E-state index contributed by atoms with van der Waals surface area (Å²) in [5.74, 6) is 0.161. The van der Waals surface area contributed by atoms with Gasteiger partial charge in [0.15, 0.2) is 0 Å². The van der Waals surface area contributed by atoms with Gasteiger partial charge in [0.2, 0.25) is 11.8 Å². The van der Waals surface area contributed by atoms with Crippen LogP contribution in [0.15, 0.2) is 35.7 Å². The summed E-state index contributed by atoms with van der Waals surface area (Å²) in [5.41, 5.74) is 2.85. The van der Waals surface area contributed by atoms with Gasteiger partial charge in [-0.1, -0.05) is 31.2 Å². The first-order valence-corrected chi connectivity index (χ1v) is 12.0. The lowest BCUT2D eigenvalue weighted by Crippen LogP contribution is -2.50. The zero-order chi connectivity index (χ0) is 21.9. The van der Waals surface area contributed by atoms with Gasteiger partial charge in [0.25, 0.3) is 0 Å². The SMILES string of the molecule is CCCN(CC(=O)N1CCc2sccc2C1c1ccccc1C)C(=O)C(C)(C)CCl. The monoisotopic (exact) mass is 446 g/mol. The van der Waals surface area contributed by atoms with E-state index in [4.69, 9.17) is 11.6 Å². The van der Waals surface area contributed by atoms with Crippen LogP contribution < -0.4 is 0 Å². The third kappa shape index (κ3) is 4.57. The van der Waals surface area contributed by atoms with Crippen LogP contribution in [0.2, 0.25) is 0 Å². The predicted octanol–water partition coefficient (Wildman–Crippen LogP) is 5.03. The van der Waals surface area contributed by atoms with Crippen molar-refractivity contribution in [3.63, 3.8) is 0 Å². The number of amides is 2. The van der Waals surface area contributed by atoms with Gasteiger partial charge in [-0.3, -0.25) is 9.59 Å². The quantitative estimate of drug-likeness (QED) is 0.559. The summed E-state index contributed by atoms with van der Waals surface area (Å²) in [4.78, 5) is 31.6. The van der Waals surface area contributed by atoms with E-state index in [0.29, 0.717) is 13.1 Å². The number of thiophene rings is 1. The van der Waals surface area contributed by atoms with Crippen molar-refractivity contribution in [3.05, 3.63) is 57.3 Å². The molecule has 0 fully saturated rings. The van der Waals surface area contributed by atoms with E-state index in [1.807, 2.05) is 37.8 Å². The van der Waals surface area contributed by atoms with Gasteiger partial charge in [-0.25, -0.2) is 0 Å². The normalized spacial score (nSPS) is 16.3. The highest BCUT2D eigenvalue weighted by molar-refractivity contribution is 7.10. The molecule has 3 rings (SSSR count). The van der Waals surface area contributed by atoms with Gasteiger partial charge in [-0.2, -0.15) is 0 Å². The summed E-state index contributed by atoms with van der Waals surface area (Å²) in [6, 6.07) is 10.3. The molecule has 2 amide bonds. The van der Waals surface area contributed by atoms with E-state index in [2.05, 4.69) is 30.5 Å². The average Bonchev–Trinajstić information content (AvgIpc) is 3.21. The fraction of sp³-hybridized carbons (Fsp3) is 0.500. The highest BCUT2D eigenvalue weighted by Crippen LogP contribution is 2.39. The number of fused-ring (bicyclic) bond motifs is 1. The zero-order valence-electron chi connectivity index (χ0n) is 18.3. The summed E-state index contributed by atoms with van der Waals surface area (Å²) < 4.78 is 0. The Kier molecular flexibility index (Phi) is 7.25. The molecule has 0 spiro atoms. The van der Waals surface area contributed by atoms with Crippen LogP contribution in [0, 0.1) is 12.3 Å². The van der Waals surface area contributed by atoms with E-state index in [9.17, 15) is 9.59 Å². The van der Waals surface area contributed by atoms with Crippen molar-refractivity contribution in [2.45, 2.75) is 46.6 Å². The molecule has 2 heterocycles. The van der Waals surface area contributed by atoms with Gasteiger partial charge in [0, 0.05) is 23.8 Å². The first-order valence-electron chi connectivity index (χ1n) is 10.6. The maximum Gasteiger partial charge on any atom is 0.242 e. The predicted molar refractivity (Wildman–Crippen MR) is 124 cm³/mol. The molecule has 30 heavy (non-hydrogen) atoms. The van der Waals surface area contributed by atoms with Crippen LogP contribution in [0.1, 0.15) is 54.8 Å². The number of alkyl halides is 1. The number of rotatable bonds is 7. The van der Waals surface area contributed by atoms with Gasteiger partial charge in [-0.15, -0.1) is 22.9 Å². The Morgan fingerprint density at radius 3 is 2.63 bits per heavy atom. The zero-order valence-corrected chi connectivity index (χ0v) is 19.9. The number of benzene rings is 1. The molecular weight excluding hydrogens is 416 g/mol. The fourth-order valence-corrected chi connectivity index (χ4v) is 5.09. The summed E-state index contributed by atoms with van der Waals surface area (Å²) in [6.07, 6.45) is 1.66. The molecule has 0 N–H and O–H groups in total. The standard InChI is InChI=1S/C24H31ClN2O2S/c1-5-12-26(23(29)24(3,4)16-25)15-21(28)27-13-10-20-19(11-14-30-20)22(27)18-9-7-6-8-17(18)2/h6-9,11,14,22H,5,10,12-13,15-16H2,1-4H3. The van der Waals surface area contributed by atoms with Crippen LogP contribution in [0.5, 0.6) is 0 Å². The molecule has 2 aromatic rings. The molecule has 1 aromatic carbocycles. The molecule has 1 aliphatic rings. The molecule has 0 saturated heterocycles. The van der Waals surface area contributed by atoms with Crippen LogP contribution in [-0.4, -0.2) is 47.1 Å². The molecule has 1 unspecified atom stereocenters. The van der Waals surface area contributed by atoms with Crippen LogP contribution in [0.3, 0.4) is 0 Å². The second-order valence-corrected chi connectivity index (χ2v) is 9.91. The third-order valence-corrected chi connectivity index (χ3v) is 7.45. The number of hydrogen-bond acceptors (Lipinski definition) is 3. The molecule has 0 saturated carbocycles. The maximum absolute atomic E-state index is 13.5. The van der Waals surface area contributed by atoms with Crippen LogP contribution in [-0.2, 0) is 16.0 Å². The minimum atomic E-state index is -0.686. The second kappa shape index (κ2) is 9.52. The minimum Gasteiger partial charge on any atom is -0.333 e. The molecule has 1 aromatic heterocycles. The third-order valence-electron chi connectivity index (χ3n) is 5.79. The van der Waals surface area contributed by atoms with E-state index < -0.39 is 5.41 Å². The minimum absolute atomic E-state index is 0.00715. The second-order valence-electron chi connectivity index (χ2n) is 8.64. The topological polar surface area (TPSA) is 40.6 Å². The molecular formula is C24H31ClN2O2S. The average molecular weight is 447 g/mol. The maximum atomic E-state index is 13.5. The Morgan fingerprint density at radius 2 is 1.97 bits per heavy atom. The van der Waals surface area contributed by atoms with Crippen molar-refractivity contribution in [2.75, 3.05) is 25.5 Å². The lowest BCUT2D eigenvalue weighted by Gasteiger charge is -2.39. The highest BCUT2D eigenvalue weighted by Gasteiger charge is 2.36. The van der Waals surface area contributed by atoms with E-state index in [1.54, 1.807) is 16.2 Å². The molecule has 4 nitrogen and oxygen atoms in total. The van der Waals surface area contributed by atoms with Crippen LogP contribution >= 0.6 is 22.9 Å². The fourth-order valence-electron chi connectivity index (χ4n) is 4.08. The number of hydrogen-bond donors (Lipinski definition) is 0. The number of carbonyl (C=O) groups excluding carboxylic acids is 2.